The molecule has 27 heavy (non-hydrogen) atoms. The van der Waals surface area contributed by atoms with Crippen molar-refractivity contribution in [3.63, 3.8) is 0 Å². The second-order valence-corrected chi connectivity index (χ2v) is 7.19. The topological polar surface area (TPSA) is 78.8 Å². The highest BCUT2D eigenvalue weighted by Gasteiger charge is 2.28. The van der Waals surface area contributed by atoms with Crippen LogP contribution in [-0.2, 0) is 0 Å². The van der Waals surface area contributed by atoms with Gasteiger partial charge in [-0.3, -0.25) is 0 Å². The zero-order valence-electron chi connectivity index (χ0n) is 14.6. The Morgan fingerprint density at radius 2 is 1.85 bits per heavy atom. The minimum absolute atomic E-state index is 0.336. The summed E-state index contributed by atoms with van der Waals surface area (Å²) in [5.41, 5.74) is 4.28. The summed E-state index contributed by atoms with van der Waals surface area (Å²) in [5.74, 6) is 1.40. The molecule has 0 atom stereocenters. The zero-order chi connectivity index (χ0) is 18.6. The summed E-state index contributed by atoms with van der Waals surface area (Å²) < 4.78 is 5.71. The van der Waals surface area contributed by atoms with Crippen LogP contribution in [0.2, 0.25) is 10.2 Å². The maximum Gasteiger partial charge on any atom is 0.225 e. The van der Waals surface area contributed by atoms with Crippen LogP contribution in [0.1, 0.15) is 12.8 Å². The molecule has 0 aromatic carbocycles. The third kappa shape index (κ3) is 4.58. The Bertz CT molecular complexity index is 792. The summed E-state index contributed by atoms with van der Waals surface area (Å²) in [6, 6.07) is 3.84. The number of hydrazine groups is 1. The standard InChI is InChI=1S/C17H19Cl2N7O/c18-12-7-21-17(22-8-12)25-5-3-14(4-6-25)26-23-9-13(24-26)11-27-15-1-2-16(19)20-10-15/h1-2,7-8,10,14,23H,3-6,9,11H2. The molecule has 0 unspecified atom stereocenters. The first-order chi connectivity index (χ1) is 13.2. The third-order valence-corrected chi connectivity index (χ3v) is 4.92. The van der Waals surface area contributed by atoms with Crippen molar-refractivity contribution >= 4 is 34.9 Å². The number of aromatic nitrogens is 3. The van der Waals surface area contributed by atoms with Crippen molar-refractivity contribution in [3.8, 4) is 5.75 Å². The van der Waals surface area contributed by atoms with E-state index in [1.165, 1.54) is 0 Å². The second-order valence-electron chi connectivity index (χ2n) is 6.37. The van der Waals surface area contributed by atoms with Gasteiger partial charge in [0.05, 0.1) is 41.9 Å². The van der Waals surface area contributed by atoms with Crippen LogP contribution in [-0.4, -0.2) is 58.1 Å². The van der Waals surface area contributed by atoms with Gasteiger partial charge in [0, 0.05) is 13.1 Å². The van der Waals surface area contributed by atoms with Crippen LogP contribution in [0.3, 0.4) is 0 Å². The number of rotatable bonds is 5. The molecule has 142 valence electrons. The Hall–Kier alpha value is -2.16. The molecule has 2 aromatic heterocycles. The number of halogens is 2. The SMILES string of the molecule is Clc1cnc(N2CCC(N3N=C(COc4ccc(Cl)nc4)CN3)CC2)nc1. The average molecular weight is 408 g/mol. The lowest BCUT2D eigenvalue weighted by Gasteiger charge is -2.35. The van der Waals surface area contributed by atoms with E-state index in [1.807, 2.05) is 5.12 Å². The highest BCUT2D eigenvalue weighted by atomic mass is 35.5. The van der Waals surface area contributed by atoms with Crippen molar-refractivity contribution < 1.29 is 4.74 Å². The fourth-order valence-electron chi connectivity index (χ4n) is 3.08. The molecule has 2 aliphatic rings. The molecule has 0 saturated carbocycles. The zero-order valence-corrected chi connectivity index (χ0v) is 16.1. The van der Waals surface area contributed by atoms with E-state index in [9.17, 15) is 0 Å². The van der Waals surface area contributed by atoms with Crippen LogP contribution in [0.15, 0.2) is 35.8 Å². The molecule has 10 heteroatoms. The van der Waals surface area contributed by atoms with E-state index in [2.05, 4.69) is 30.4 Å². The molecule has 0 aliphatic carbocycles. The highest BCUT2D eigenvalue weighted by Crippen LogP contribution is 2.21. The first kappa shape index (κ1) is 18.2. The van der Waals surface area contributed by atoms with Crippen LogP contribution in [0.5, 0.6) is 5.75 Å². The van der Waals surface area contributed by atoms with E-state index in [4.69, 9.17) is 27.9 Å². The first-order valence-electron chi connectivity index (χ1n) is 8.73. The lowest BCUT2D eigenvalue weighted by Crippen LogP contribution is -2.46. The van der Waals surface area contributed by atoms with Gasteiger partial charge in [-0.1, -0.05) is 23.2 Å². The van der Waals surface area contributed by atoms with Crippen LogP contribution in [0.25, 0.3) is 0 Å². The molecule has 1 saturated heterocycles. The van der Waals surface area contributed by atoms with Crippen molar-refractivity contribution in [2.24, 2.45) is 5.10 Å². The highest BCUT2D eigenvalue weighted by molar-refractivity contribution is 6.30. The number of nitrogens with zero attached hydrogens (tertiary/aromatic N) is 6. The number of hydrogen-bond donors (Lipinski definition) is 1. The third-order valence-electron chi connectivity index (χ3n) is 4.50. The predicted octanol–water partition coefficient (Wildman–Crippen LogP) is 2.40. The minimum atomic E-state index is 0.336. The average Bonchev–Trinajstić information content (AvgIpc) is 3.17. The smallest absolute Gasteiger partial charge is 0.225 e. The number of anilines is 1. The molecule has 0 bridgehead atoms. The molecular formula is C17H19Cl2N7O. The molecule has 4 heterocycles. The molecule has 1 N–H and O–H groups in total. The summed E-state index contributed by atoms with van der Waals surface area (Å²) >= 11 is 11.6. The monoisotopic (exact) mass is 407 g/mol. The molecule has 4 rings (SSSR count). The van der Waals surface area contributed by atoms with E-state index < -0.39 is 0 Å². The molecule has 0 amide bonds. The van der Waals surface area contributed by atoms with Gasteiger partial charge in [-0.2, -0.15) is 5.10 Å². The van der Waals surface area contributed by atoms with Crippen molar-refractivity contribution in [2.75, 3.05) is 31.1 Å². The predicted molar refractivity (Wildman–Crippen MR) is 104 cm³/mol. The summed E-state index contributed by atoms with van der Waals surface area (Å²) in [5, 5.41) is 7.61. The Labute approximate surface area is 167 Å². The fourth-order valence-corrected chi connectivity index (χ4v) is 3.29. The van der Waals surface area contributed by atoms with Gasteiger partial charge < -0.3 is 9.64 Å². The van der Waals surface area contributed by atoms with Gasteiger partial charge in [0.2, 0.25) is 5.95 Å². The van der Waals surface area contributed by atoms with Crippen LogP contribution in [0, 0.1) is 0 Å². The summed E-state index contributed by atoms with van der Waals surface area (Å²) in [6.45, 7) is 2.86. The van der Waals surface area contributed by atoms with Crippen molar-refractivity contribution in [1.82, 2.24) is 25.5 Å². The fraction of sp³-hybridized carbons (Fsp3) is 0.412. The number of pyridine rings is 1. The van der Waals surface area contributed by atoms with Gasteiger partial charge >= 0.3 is 0 Å². The van der Waals surface area contributed by atoms with E-state index in [-0.39, 0.29) is 0 Å². The van der Waals surface area contributed by atoms with Gasteiger partial charge in [-0.15, -0.1) is 0 Å². The minimum Gasteiger partial charge on any atom is -0.486 e. The van der Waals surface area contributed by atoms with E-state index in [1.54, 1.807) is 30.7 Å². The number of hydrogen-bond acceptors (Lipinski definition) is 8. The lowest BCUT2D eigenvalue weighted by molar-refractivity contribution is 0.132. The molecule has 8 nitrogen and oxygen atoms in total. The summed E-state index contributed by atoms with van der Waals surface area (Å²) in [6.07, 6.45) is 6.81. The van der Waals surface area contributed by atoms with Crippen LogP contribution >= 0.6 is 23.2 Å². The molecule has 2 aromatic rings. The maximum absolute atomic E-state index is 5.85. The van der Waals surface area contributed by atoms with Gasteiger partial charge in [0.1, 0.15) is 17.5 Å². The maximum atomic E-state index is 5.85. The van der Waals surface area contributed by atoms with Gasteiger partial charge in [-0.25, -0.2) is 25.5 Å². The Kier molecular flexibility index (Phi) is 5.56. The van der Waals surface area contributed by atoms with Gasteiger partial charge in [-0.05, 0) is 25.0 Å². The quantitative estimate of drug-likeness (QED) is 0.762. The Morgan fingerprint density at radius 1 is 1.07 bits per heavy atom. The number of hydrazone groups is 1. The van der Waals surface area contributed by atoms with E-state index in [0.29, 0.717) is 35.1 Å². The number of nitrogens with one attached hydrogen (secondary N) is 1. The van der Waals surface area contributed by atoms with Gasteiger partial charge in [0.25, 0.3) is 0 Å². The van der Waals surface area contributed by atoms with Crippen LogP contribution < -0.4 is 15.1 Å². The van der Waals surface area contributed by atoms with Crippen molar-refractivity contribution in [2.45, 2.75) is 18.9 Å². The summed E-state index contributed by atoms with van der Waals surface area (Å²) in [7, 11) is 0. The largest absolute Gasteiger partial charge is 0.486 e. The Balaban J connectivity index is 1.27. The van der Waals surface area contributed by atoms with Crippen molar-refractivity contribution in [1.29, 1.82) is 0 Å². The molecule has 2 aliphatic heterocycles. The Morgan fingerprint density at radius 3 is 2.56 bits per heavy atom. The molecule has 0 radical (unpaired) electrons. The molecule has 0 spiro atoms. The van der Waals surface area contributed by atoms with Crippen LogP contribution in [0.4, 0.5) is 5.95 Å². The first-order valence-corrected chi connectivity index (χ1v) is 9.49. The normalized spacial score (nSPS) is 17.9. The second kappa shape index (κ2) is 8.24. The lowest BCUT2D eigenvalue weighted by atomic mass is 10.1. The van der Waals surface area contributed by atoms with E-state index >= 15 is 0 Å². The number of ether oxygens (including phenoxy) is 1. The summed E-state index contributed by atoms with van der Waals surface area (Å²) in [4.78, 5) is 14.8. The van der Waals surface area contributed by atoms with Crippen molar-refractivity contribution in [3.05, 3.63) is 40.9 Å². The van der Waals surface area contributed by atoms with E-state index in [0.717, 1.165) is 37.6 Å². The number of piperidine rings is 1. The molecule has 1 fully saturated rings. The molecular weight excluding hydrogens is 389 g/mol. The van der Waals surface area contributed by atoms with Gasteiger partial charge in [0.15, 0.2) is 0 Å².